The highest BCUT2D eigenvalue weighted by atomic mass is 32.2. The summed E-state index contributed by atoms with van der Waals surface area (Å²) in [5.41, 5.74) is -0.839. The number of esters is 1. The molecule has 9 nitrogen and oxygen atoms in total. The van der Waals surface area contributed by atoms with Crippen molar-refractivity contribution >= 4 is 50.9 Å². The smallest absolute Gasteiger partial charge is 0.338 e. The molecule has 1 aliphatic heterocycles. The van der Waals surface area contributed by atoms with Crippen LogP contribution in [0.2, 0.25) is 0 Å². The van der Waals surface area contributed by atoms with E-state index in [-0.39, 0.29) is 26.6 Å². The molecule has 1 N–H and O–H groups in total. The SMILES string of the molecule is COC(=O)c1ccc(/C=C2\Sc3ccc(S(=O)(=O)Cc4c(F)cccc4F)cc3NC2=O)c([N+](=O)[O-])c1. The van der Waals surface area contributed by atoms with E-state index < -0.39 is 55.3 Å². The summed E-state index contributed by atoms with van der Waals surface area (Å²) in [4.78, 5) is 35.5. The molecule has 0 aromatic heterocycles. The van der Waals surface area contributed by atoms with Crippen LogP contribution in [0.15, 0.2) is 69.3 Å². The normalized spacial score (nSPS) is 14.1. The van der Waals surface area contributed by atoms with Crippen LogP contribution >= 0.6 is 11.8 Å². The predicted octanol–water partition coefficient (Wildman–Crippen LogP) is 4.72. The van der Waals surface area contributed by atoms with Crippen molar-refractivity contribution in [2.24, 2.45) is 0 Å². The number of nitro benzene ring substituents is 1. The molecular weight excluding hydrogens is 530 g/mol. The number of anilines is 1. The topological polar surface area (TPSA) is 133 Å². The molecule has 1 heterocycles. The van der Waals surface area contributed by atoms with Crippen molar-refractivity contribution in [2.45, 2.75) is 15.5 Å². The quantitative estimate of drug-likeness (QED) is 0.203. The van der Waals surface area contributed by atoms with Gasteiger partial charge in [0.15, 0.2) is 9.84 Å². The third-order valence-corrected chi connectivity index (χ3v) is 8.07. The summed E-state index contributed by atoms with van der Waals surface area (Å²) in [6.45, 7) is 0. The Morgan fingerprint density at radius 3 is 2.49 bits per heavy atom. The van der Waals surface area contributed by atoms with Gasteiger partial charge in [-0.15, -0.1) is 0 Å². The molecule has 0 bridgehead atoms. The third-order valence-electron chi connectivity index (χ3n) is 5.33. The molecule has 190 valence electrons. The summed E-state index contributed by atoms with van der Waals surface area (Å²) in [6.07, 6.45) is 1.27. The first-order chi connectivity index (χ1) is 17.5. The summed E-state index contributed by atoms with van der Waals surface area (Å²) in [7, 11) is -3.03. The lowest BCUT2D eigenvalue weighted by Crippen LogP contribution is -2.18. The molecule has 0 atom stereocenters. The number of nitro groups is 1. The van der Waals surface area contributed by atoms with Gasteiger partial charge in [0.25, 0.3) is 11.6 Å². The van der Waals surface area contributed by atoms with E-state index in [1.807, 2.05) is 0 Å². The van der Waals surface area contributed by atoms with Gasteiger partial charge in [-0.25, -0.2) is 22.0 Å². The second kappa shape index (κ2) is 10.1. The Kier molecular flexibility index (Phi) is 7.09. The molecule has 1 amide bonds. The number of rotatable bonds is 6. The molecule has 4 rings (SSSR count). The maximum absolute atomic E-state index is 14.0. The van der Waals surface area contributed by atoms with Crippen LogP contribution < -0.4 is 5.32 Å². The highest BCUT2D eigenvalue weighted by Gasteiger charge is 2.27. The monoisotopic (exact) mass is 546 g/mol. The molecule has 0 fully saturated rings. The van der Waals surface area contributed by atoms with Crippen LogP contribution in [0, 0.1) is 21.7 Å². The van der Waals surface area contributed by atoms with Crippen molar-refractivity contribution in [2.75, 3.05) is 12.4 Å². The van der Waals surface area contributed by atoms with E-state index in [4.69, 9.17) is 0 Å². The Morgan fingerprint density at radius 2 is 1.84 bits per heavy atom. The van der Waals surface area contributed by atoms with E-state index >= 15 is 0 Å². The zero-order valence-electron chi connectivity index (χ0n) is 18.9. The number of carbonyl (C=O) groups excluding carboxylic acids is 2. The van der Waals surface area contributed by atoms with E-state index in [0.717, 1.165) is 43.1 Å². The van der Waals surface area contributed by atoms with Crippen LogP contribution in [0.25, 0.3) is 6.08 Å². The number of fused-ring (bicyclic) bond motifs is 1. The fraction of sp³-hybridized carbons (Fsp3) is 0.0833. The molecule has 13 heteroatoms. The lowest BCUT2D eigenvalue weighted by atomic mass is 10.1. The fourth-order valence-electron chi connectivity index (χ4n) is 3.49. The lowest BCUT2D eigenvalue weighted by molar-refractivity contribution is -0.385. The molecule has 0 saturated heterocycles. The molecule has 0 saturated carbocycles. The van der Waals surface area contributed by atoms with E-state index in [0.29, 0.717) is 4.90 Å². The van der Waals surface area contributed by atoms with Gasteiger partial charge in [0.05, 0.1) is 44.4 Å². The van der Waals surface area contributed by atoms with Crippen molar-refractivity contribution in [3.8, 4) is 0 Å². The fourth-order valence-corrected chi connectivity index (χ4v) is 5.80. The number of carbonyl (C=O) groups is 2. The standard InChI is InChI=1S/C24H16F2N2O7S2/c1-35-24(30)14-6-5-13(20(9-14)28(31)32)10-22-23(29)27-19-11-15(7-8-21(19)36-22)37(33,34)12-16-17(25)3-2-4-18(16)26/h2-11H,12H2,1H3,(H,27,29)/b22-10-. The Labute approximate surface area is 213 Å². The number of benzene rings is 3. The average Bonchev–Trinajstić information content (AvgIpc) is 2.86. The van der Waals surface area contributed by atoms with Crippen molar-refractivity contribution in [1.82, 2.24) is 0 Å². The van der Waals surface area contributed by atoms with Gasteiger partial charge in [-0.05, 0) is 48.5 Å². The zero-order chi connectivity index (χ0) is 26.9. The number of hydrogen-bond acceptors (Lipinski definition) is 8. The first-order valence-corrected chi connectivity index (χ1v) is 12.8. The number of thioether (sulfide) groups is 1. The number of sulfone groups is 1. The molecule has 3 aromatic carbocycles. The minimum absolute atomic E-state index is 0.0357. The molecule has 3 aromatic rings. The van der Waals surface area contributed by atoms with Crippen LogP contribution in [0.3, 0.4) is 0 Å². The van der Waals surface area contributed by atoms with E-state index in [1.54, 1.807) is 0 Å². The number of ether oxygens (including phenoxy) is 1. The number of halogens is 2. The van der Waals surface area contributed by atoms with Crippen LogP contribution in [0.4, 0.5) is 20.2 Å². The first-order valence-electron chi connectivity index (χ1n) is 10.4. The van der Waals surface area contributed by atoms with Crippen LogP contribution in [0.5, 0.6) is 0 Å². The van der Waals surface area contributed by atoms with E-state index in [9.17, 15) is 36.9 Å². The van der Waals surface area contributed by atoms with Gasteiger partial charge in [-0.2, -0.15) is 0 Å². The average molecular weight is 547 g/mol. The van der Waals surface area contributed by atoms with Crippen LogP contribution in [0.1, 0.15) is 21.5 Å². The van der Waals surface area contributed by atoms with E-state index in [2.05, 4.69) is 10.1 Å². The summed E-state index contributed by atoms with van der Waals surface area (Å²) in [6, 6.07) is 10.5. The molecule has 0 unspecified atom stereocenters. The Balaban J connectivity index is 1.64. The van der Waals surface area contributed by atoms with Crippen LogP contribution in [-0.2, 0) is 25.1 Å². The number of hydrogen-bond donors (Lipinski definition) is 1. The molecule has 37 heavy (non-hydrogen) atoms. The Bertz CT molecular complexity index is 1580. The summed E-state index contributed by atoms with van der Waals surface area (Å²) < 4.78 is 58.1. The highest BCUT2D eigenvalue weighted by molar-refractivity contribution is 8.04. The van der Waals surface area contributed by atoms with Gasteiger partial charge < -0.3 is 10.1 Å². The largest absolute Gasteiger partial charge is 0.465 e. The van der Waals surface area contributed by atoms with Gasteiger partial charge >= 0.3 is 5.97 Å². The van der Waals surface area contributed by atoms with E-state index in [1.165, 1.54) is 36.4 Å². The Hall–Kier alpha value is -4.10. The third kappa shape index (κ3) is 5.37. The van der Waals surface area contributed by atoms with Gasteiger partial charge in [0, 0.05) is 16.5 Å². The molecule has 0 aliphatic carbocycles. The first kappa shape index (κ1) is 26.0. The number of nitrogens with zero attached hydrogens (tertiary/aromatic N) is 1. The summed E-state index contributed by atoms with van der Waals surface area (Å²) in [5.74, 6) is -4.31. The second-order valence-corrected chi connectivity index (χ2v) is 10.8. The molecular formula is C24H16F2N2O7S2. The number of nitrogens with one attached hydrogen (secondary N) is 1. The maximum Gasteiger partial charge on any atom is 0.338 e. The minimum Gasteiger partial charge on any atom is -0.465 e. The van der Waals surface area contributed by atoms with Gasteiger partial charge in [0.1, 0.15) is 11.6 Å². The number of amides is 1. The number of methoxy groups -OCH3 is 1. The zero-order valence-corrected chi connectivity index (χ0v) is 20.5. The van der Waals surface area contributed by atoms with Crippen molar-refractivity contribution in [3.05, 3.63) is 97.9 Å². The highest BCUT2D eigenvalue weighted by Crippen LogP contribution is 2.41. The van der Waals surface area contributed by atoms with Gasteiger partial charge in [-0.3, -0.25) is 14.9 Å². The molecule has 0 spiro atoms. The molecule has 0 radical (unpaired) electrons. The van der Waals surface area contributed by atoms with Crippen molar-refractivity contribution < 1.29 is 36.4 Å². The lowest BCUT2D eigenvalue weighted by Gasteiger charge is -2.19. The predicted molar refractivity (Wildman–Crippen MR) is 131 cm³/mol. The summed E-state index contributed by atoms with van der Waals surface area (Å²) >= 11 is 0.944. The van der Waals surface area contributed by atoms with Crippen LogP contribution in [-0.4, -0.2) is 32.3 Å². The Morgan fingerprint density at radius 1 is 1.14 bits per heavy atom. The summed E-state index contributed by atoms with van der Waals surface area (Å²) in [5, 5.41) is 14.1. The minimum atomic E-state index is -4.17. The van der Waals surface area contributed by atoms with Gasteiger partial charge in [0.2, 0.25) is 0 Å². The maximum atomic E-state index is 14.0. The van der Waals surface area contributed by atoms with Crippen molar-refractivity contribution in [3.63, 3.8) is 0 Å². The van der Waals surface area contributed by atoms with Gasteiger partial charge in [-0.1, -0.05) is 17.8 Å². The molecule has 1 aliphatic rings. The second-order valence-electron chi connectivity index (χ2n) is 7.70. The van der Waals surface area contributed by atoms with Crippen molar-refractivity contribution in [1.29, 1.82) is 0 Å².